The second-order valence-corrected chi connectivity index (χ2v) is 5.92. The Kier molecular flexibility index (Phi) is 2.84. The highest BCUT2D eigenvalue weighted by atomic mass is 19.1. The van der Waals surface area contributed by atoms with Crippen LogP contribution in [0.4, 0.5) is 4.39 Å². The van der Waals surface area contributed by atoms with Crippen molar-refractivity contribution < 1.29 is 13.9 Å². The van der Waals surface area contributed by atoms with Gasteiger partial charge < -0.3 is 10.1 Å². The molecule has 1 aromatic heterocycles. The Morgan fingerprint density at radius 1 is 1.32 bits per heavy atom. The Hall–Kier alpha value is -2.21. The molecule has 0 bridgehead atoms. The molecule has 1 fully saturated rings. The van der Waals surface area contributed by atoms with Gasteiger partial charge in [-0.15, -0.1) is 0 Å². The van der Waals surface area contributed by atoms with E-state index in [-0.39, 0.29) is 5.82 Å². The Balaban J connectivity index is 1.86. The lowest BCUT2D eigenvalue weighted by molar-refractivity contribution is -0.0255. The van der Waals surface area contributed by atoms with E-state index in [1.165, 1.54) is 6.07 Å². The predicted octanol–water partition coefficient (Wildman–Crippen LogP) is 1.98. The van der Waals surface area contributed by atoms with Crippen LogP contribution in [-0.2, 0) is 17.4 Å². The number of nitrogens with zero attached hydrogens (tertiary/aromatic N) is 2. The van der Waals surface area contributed by atoms with Crippen LogP contribution in [0.15, 0.2) is 24.5 Å². The average molecular weight is 301 g/mol. The molecule has 2 aliphatic rings. The summed E-state index contributed by atoms with van der Waals surface area (Å²) >= 11 is 0. The van der Waals surface area contributed by atoms with Crippen LogP contribution in [0.1, 0.15) is 28.8 Å². The third kappa shape index (κ3) is 1.87. The van der Waals surface area contributed by atoms with E-state index >= 15 is 0 Å². The van der Waals surface area contributed by atoms with E-state index in [0.717, 1.165) is 18.7 Å². The first-order valence-corrected chi connectivity index (χ1v) is 7.36. The van der Waals surface area contributed by atoms with Crippen LogP contribution in [0.2, 0.25) is 0 Å². The van der Waals surface area contributed by atoms with Gasteiger partial charge in [-0.1, -0.05) is 0 Å². The summed E-state index contributed by atoms with van der Waals surface area (Å²) in [7, 11) is 1.80. The van der Waals surface area contributed by atoms with Gasteiger partial charge >= 0.3 is 5.97 Å². The molecule has 1 N–H and O–H groups in total. The number of hydrogen-bond acceptors (Lipinski definition) is 4. The van der Waals surface area contributed by atoms with Crippen LogP contribution in [0.5, 0.6) is 0 Å². The Morgan fingerprint density at radius 3 is 2.77 bits per heavy atom. The summed E-state index contributed by atoms with van der Waals surface area (Å²) in [6.45, 7) is 1.44. The summed E-state index contributed by atoms with van der Waals surface area (Å²) in [6.07, 6.45) is 4.66. The van der Waals surface area contributed by atoms with Gasteiger partial charge in [-0.05, 0) is 30.8 Å². The summed E-state index contributed by atoms with van der Waals surface area (Å²) in [6, 6.07) is 3.19. The number of fused-ring (bicyclic) bond motifs is 2. The number of aryl methyl sites for hydroxylation is 1. The number of rotatable bonds is 1. The first-order chi connectivity index (χ1) is 10.6. The number of piperidine rings is 1. The fourth-order valence-electron chi connectivity index (χ4n) is 3.43. The maximum atomic E-state index is 14.8. The molecule has 0 saturated carbocycles. The van der Waals surface area contributed by atoms with Crippen molar-refractivity contribution in [3.05, 3.63) is 41.5 Å². The summed E-state index contributed by atoms with van der Waals surface area (Å²) in [5, 5.41) is 7.30. The van der Waals surface area contributed by atoms with Gasteiger partial charge in [-0.25, -0.2) is 9.18 Å². The molecule has 3 heterocycles. The van der Waals surface area contributed by atoms with Gasteiger partial charge in [0.25, 0.3) is 0 Å². The van der Waals surface area contributed by atoms with Gasteiger partial charge in [0.15, 0.2) is 0 Å². The molecule has 0 amide bonds. The van der Waals surface area contributed by atoms with Gasteiger partial charge in [0.05, 0.1) is 11.8 Å². The molecule has 0 aliphatic carbocycles. The van der Waals surface area contributed by atoms with Crippen molar-refractivity contribution in [2.75, 3.05) is 13.1 Å². The fourth-order valence-corrected chi connectivity index (χ4v) is 3.43. The molecule has 2 aromatic rings. The minimum atomic E-state index is -0.796. The highest BCUT2D eigenvalue weighted by molar-refractivity contribution is 5.96. The highest BCUT2D eigenvalue weighted by Crippen LogP contribution is 2.45. The number of ether oxygens (including phenoxy) is 1. The average Bonchev–Trinajstić information content (AvgIpc) is 3.03. The molecular weight excluding hydrogens is 285 g/mol. The van der Waals surface area contributed by atoms with Crippen LogP contribution in [0.3, 0.4) is 0 Å². The maximum Gasteiger partial charge on any atom is 0.339 e. The maximum absolute atomic E-state index is 14.8. The normalized spacial score (nSPS) is 19.3. The van der Waals surface area contributed by atoms with Gasteiger partial charge in [-0.2, -0.15) is 5.10 Å². The SMILES string of the molecule is Cn1cc(-c2cc(F)c3c(c2)C(=O)OC32CCNCC2)cn1. The number of halogens is 1. The summed E-state index contributed by atoms with van der Waals surface area (Å²) < 4.78 is 22.0. The van der Waals surface area contributed by atoms with E-state index in [4.69, 9.17) is 4.74 Å². The van der Waals surface area contributed by atoms with Gasteiger partial charge in [0.1, 0.15) is 11.4 Å². The number of esters is 1. The number of hydrogen-bond donors (Lipinski definition) is 1. The first kappa shape index (κ1) is 13.5. The van der Waals surface area contributed by atoms with Crippen molar-refractivity contribution in [2.24, 2.45) is 7.05 Å². The zero-order valence-corrected chi connectivity index (χ0v) is 12.2. The zero-order chi connectivity index (χ0) is 15.3. The lowest BCUT2D eigenvalue weighted by atomic mass is 9.83. The Morgan fingerprint density at radius 2 is 2.09 bits per heavy atom. The van der Waals surface area contributed by atoms with Crippen LogP contribution in [0.25, 0.3) is 11.1 Å². The summed E-state index contributed by atoms with van der Waals surface area (Å²) in [4.78, 5) is 12.2. The first-order valence-electron chi connectivity index (χ1n) is 7.36. The van der Waals surface area contributed by atoms with E-state index < -0.39 is 11.6 Å². The molecule has 5 nitrogen and oxygen atoms in total. The molecule has 0 atom stereocenters. The van der Waals surface area contributed by atoms with E-state index in [1.807, 2.05) is 0 Å². The van der Waals surface area contributed by atoms with Crippen molar-refractivity contribution in [1.29, 1.82) is 0 Å². The second-order valence-electron chi connectivity index (χ2n) is 5.92. The summed E-state index contributed by atoms with van der Waals surface area (Å²) in [5.74, 6) is -0.800. The van der Waals surface area contributed by atoms with Crippen molar-refractivity contribution in [1.82, 2.24) is 15.1 Å². The van der Waals surface area contributed by atoms with E-state index in [9.17, 15) is 9.18 Å². The largest absolute Gasteiger partial charge is 0.450 e. The van der Waals surface area contributed by atoms with E-state index in [0.29, 0.717) is 29.5 Å². The van der Waals surface area contributed by atoms with Crippen molar-refractivity contribution in [3.8, 4) is 11.1 Å². The van der Waals surface area contributed by atoms with E-state index in [1.54, 1.807) is 30.2 Å². The number of carbonyl (C=O) groups is 1. The topological polar surface area (TPSA) is 56.1 Å². The second kappa shape index (κ2) is 4.64. The molecule has 1 spiro atoms. The van der Waals surface area contributed by atoms with Crippen molar-refractivity contribution >= 4 is 5.97 Å². The molecule has 1 aromatic carbocycles. The molecule has 2 aliphatic heterocycles. The van der Waals surface area contributed by atoms with Crippen LogP contribution in [0, 0.1) is 5.82 Å². The third-order valence-electron chi connectivity index (χ3n) is 4.50. The Labute approximate surface area is 127 Å². The molecule has 0 unspecified atom stereocenters. The monoisotopic (exact) mass is 301 g/mol. The Bertz CT molecular complexity index is 763. The zero-order valence-electron chi connectivity index (χ0n) is 12.2. The standard InChI is InChI=1S/C16H16FN3O2/c1-20-9-11(8-19-20)10-6-12-14(13(17)7-10)16(22-15(12)21)2-4-18-5-3-16/h6-9,18H,2-5H2,1H3. The fraction of sp³-hybridized carbons (Fsp3) is 0.375. The van der Waals surface area contributed by atoms with Crippen molar-refractivity contribution in [2.45, 2.75) is 18.4 Å². The van der Waals surface area contributed by atoms with Crippen LogP contribution < -0.4 is 5.32 Å². The van der Waals surface area contributed by atoms with Crippen molar-refractivity contribution in [3.63, 3.8) is 0 Å². The van der Waals surface area contributed by atoms with E-state index in [2.05, 4.69) is 10.4 Å². The summed E-state index contributed by atoms with van der Waals surface area (Å²) in [5.41, 5.74) is 1.40. The molecule has 114 valence electrons. The smallest absolute Gasteiger partial charge is 0.339 e. The molecule has 1 saturated heterocycles. The van der Waals surface area contributed by atoms with Gasteiger partial charge in [-0.3, -0.25) is 4.68 Å². The molecule has 4 rings (SSSR count). The number of nitrogens with one attached hydrogen (secondary N) is 1. The quantitative estimate of drug-likeness (QED) is 0.818. The van der Waals surface area contributed by atoms with Gasteiger partial charge in [0.2, 0.25) is 0 Å². The van der Waals surface area contributed by atoms with Crippen LogP contribution >= 0.6 is 0 Å². The lowest BCUT2D eigenvalue weighted by Crippen LogP contribution is -2.40. The van der Waals surface area contributed by atoms with Crippen LogP contribution in [-0.4, -0.2) is 28.8 Å². The number of benzene rings is 1. The third-order valence-corrected chi connectivity index (χ3v) is 4.50. The molecule has 6 heteroatoms. The molecular formula is C16H16FN3O2. The molecule has 22 heavy (non-hydrogen) atoms. The minimum Gasteiger partial charge on any atom is -0.450 e. The lowest BCUT2D eigenvalue weighted by Gasteiger charge is -2.33. The highest BCUT2D eigenvalue weighted by Gasteiger charge is 2.48. The molecule has 0 radical (unpaired) electrons. The minimum absolute atomic E-state index is 0.348. The number of carbonyl (C=O) groups excluding carboxylic acids is 1. The van der Waals surface area contributed by atoms with Gasteiger partial charge in [0, 0.05) is 37.2 Å². The predicted molar refractivity (Wildman–Crippen MR) is 77.8 cm³/mol. The number of aromatic nitrogens is 2.